The van der Waals surface area contributed by atoms with Gasteiger partial charge in [-0.3, -0.25) is 0 Å². The van der Waals surface area contributed by atoms with Gasteiger partial charge in [0, 0.05) is 0 Å². The predicted molar refractivity (Wildman–Crippen MR) is 93.3 cm³/mol. The van der Waals surface area contributed by atoms with Gasteiger partial charge in [-0.2, -0.15) is 13.5 Å². The molecule has 128 valence electrons. The van der Waals surface area contributed by atoms with E-state index in [4.69, 9.17) is 9.47 Å². The molecule has 0 saturated heterocycles. The summed E-state index contributed by atoms with van der Waals surface area (Å²) in [6.45, 7) is 4.26. The van der Waals surface area contributed by atoms with Crippen molar-refractivity contribution in [3.8, 4) is 11.5 Å². The van der Waals surface area contributed by atoms with Gasteiger partial charge in [0.05, 0.1) is 24.8 Å². The number of ether oxygens (including phenoxy) is 2. The van der Waals surface area contributed by atoms with Gasteiger partial charge in [0.2, 0.25) is 0 Å². The molecule has 0 unspecified atom stereocenters. The first kappa shape index (κ1) is 17.8. The normalized spacial score (nSPS) is 11.5. The Hall–Kier alpha value is -2.54. The molecule has 0 radical (unpaired) electrons. The maximum atomic E-state index is 12.1. The van der Waals surface area contributed by atoms with Crippen LogP contribution in [0.25, 0.3) is 0 Å². The van der Waals surface area contributed by atoms with Crippen molar-refractivity contribution in [2.75, 3.05) is 13.7 Å². The zero-order valence-corrected chi connectivity index (χ0v) is 14.6. The molecule has 0 aliphatic carbocycles. The van der Waals surface area contributed by atoms with Crippen molar-refractivity contribution in [1.82, 2.24) is 4.83 Å². The Kier molecular flexibility index (Phi) is 5.81. The van der Waals surface area contributed by atoms with E-state index in [1.54, 1.807) is 37.4 Å². The smallest absolute Gasteiger partial charge is 0.276 e. The first-order valence-electron chi connectivity index (χ1n) is 7.38. The fourth-order valence-electron chi connectivity index (χ4n) is 1.98. The van der Waals surface area contributed by atoms with Gasteiger partial charge in [0.25, 0.3) is 10.0 Å². The number of benzene rings is 2. The Morgan fingerprint density at radius 2 is 1.83 bits per heavy atom. The molecule has 0 atom stereocenters. The molecule has 0 spiro atoms. The van der Waals surface area contributed by atoms with Crippen LogP contribution in [-0.4, -0.2) is 28.3 Å². The third-order valence-corrected chi connectivity index (χ3v) is 4.44. The Morgan fingerprint density at radius 1 is 1.12 bits per heavy atom. The summed E-state index contributed by atoms with van der Waals surface area (Å²) in [4.78, 5) is 2.35. The molecule has 0 aliphatic rings. The molecular formula is C17H20N2O4S. The Bertz CT molecular complexity index is 815. The van der Waals surface area contributed by atoms with Crippen molar-refractivity contribution in [2.24, 2.45) is 5.10 Å². The predicted octanol–water partition coefficient (Wildman–Crippen LogP) is 2.71. The van der Waals surface area contributed by atoms with E-state index < -0.39 is 10.0 Å². The molecule has 1 N–H and O–H groups in total. The van der Waals surface area contributed by atoms with Gasteiger partial charge in [0.1, 0.15) is 0 Å². The van der Waals surface area contributed by atoms with Crippen molar-refractivity contribution < 1.29 is 17.9 Å². The van der Waals surface area contributed by atoms with E-state index in [9.17, 15) is 8.42 Å². The van der Waals surface area contributed by atoms with Gasteiger partial charge in [-0.25, -0.2) is 4.83 Å². The molecule has 0 bridgehead atoms. The van der Waals surface area contributed by atoms with E-state index in [1.807, 2.05) is 13.8 Å². The summed E-state index contributed by atoms with van der Waals surface area (Å²) in [5.41, 5.74) is 1.67. The lowest BCUT2D eigenvalue weighted by atomic mass is 10.2. The topological polar surface area (TPSA) is 77.0 Å². The molecule has 6 nitrogen and oxygen atoms in total. The minimum Gasteiger partial charge on any atom is -0.493 e. The molecule has 2 rings (SSSR count). The summed E-state index contributed by atoms with van der Waals surface area (Å²) in [6, 6.07) is 11.8. The van der Waals surface area contributed by atoms with Crippen LogP contribution < -0.4 is 14.3 Å². The van der Waals surface area contributed by atoms with Crippen LogP contribution in [0.1, 0.15) is 18.1 Å². The first-order chi connectivity index (χ1) is 11.5. The molecule has 0 fully saturated rings. The Morgan fingerprint density at radius 3 is 2.46 bits per heavy atom. The second kappa shape index (κ2) is 7.83. The largest absolute Gasteiger partial charge is 0.493 e. The van der Waals surface area contributed by atoms with Gasteiger partial charge in [-0.05, 0) is 49.7 Å². The number of aryl methyl sites for hydroxylation is 1. The highest BCUT2D eigenvalue weighted by atomic mass is 32.2. The quantitative estimate of drug-likeness (QED) is 0.616. The van der Waals surface area contributed by atoms with Gasteiger partial charge in [-0.1, -0.05) is 17.7 Å². The van der Waals surface area contributed by atoms with E-state index >= 15 is 0 Å². The summed E-state index contributed by atoms with van der Waals surface area (Å²) >= 11 is 0. The van der Waals surface area contributed by atoms with Crippen LogP contribution >= 0.6 is 0 Å². The first-order valence-corrected chi connectivity index (χ1v) is 8.87. The SMILES string of the molecule is CCOc1cc(/C=N\NS(=O)(=O)c2ccc(C)cc2)ccc1OC. The third-order valence-electron chi connectivity index (χ3n) is 3.21. The van der Waals surface area contributed by atoms with Crippen LogP contribution in [0.3, 0.4) is 0 Å². The zero-order valence-electron chi connectivity index (χ0n) is 13.8. The summed E-state index contributed by atoms with van der Waals surface area (Å²) in [7, 11) is -2.13. The van der Waals surface area contributed by atoms with Crippen LogP contribution in [0.5, 0.6) is 11.5 Å². The highest BCUT2D eigenvalue weighted by Crippen LogP contribution is 2.27. The van der Waals surface area contributed by atoms with E-state index in [0.717, 1.165) is 5.56 Å². The van der Waals surface area contributed by atoms with Crippen LogP contribution in [0.2, 0.25) is 0 Å². The molecule has 0 saturated carbocycles. The lowest BCUT2D eigenvalue weighted by Gasteiger charge is -2.09. The summed E-state index contributed by atoms with van der Waals surface area (Å²) in [5, 5.41) is 3.81. The number of nitrogens with one attached hydrogen (secondary N) is 1. The van der Waals surface area contributed by atoms with E-state index in [2.05, 4.69) is 9.93 Å². The van der Waals surface area contributed by atoms with Gasteiger partial charge in [-0.15, -0.1) is 0 Å². The lowest BCUT2D eigenvalue weighted by molar-refractivity contribution is 0.311. The highest BCUT2D eigenvalue weighted by molar-refractivity contribution is 7.89. The second-order valence-corrected chi connectivity index (χ2v) is 6.67. The average Bonchev–Trinajstić information content (AvgIpc) is 2.56. The van der Waals surface area contributed by atoms with Crippen molar-refractivity contribution in [2.45, 2.75) is 18.7 Å². The van der Waals surface area contributed by atoms with Crippen LogP contribution in [0, 0.1) is 6.92 Å². The van der Waals surface area contributed by atoms with Crippen LogP contribution in [-0.2, 0) is 10.0 Å². The second-order valence-electron chi connectivity index (χ2n) is 5.01. The van der Waals surface area contributed by atoms with Crippen molar-refractivity contribution in [3.05, 3.63) is 53.6 Å². The summed E-state index contributed by atoms with van der Waals surface area (Å²) in [6.07, 6.45) is 1.41. The standard InChI is InChI=1S/C17H20N2O4S/c1-4-23-17-11-14(7-10-16(17)22-3)12-18-19-24(20,21)15-8-5-13(2)6-9-15/h5-12,19H,4H2,1-3H3/b18-12-. The Labute approximate surface area is 142 Å². The third kappa shape index (κ3) is 4.48. The number of rotatable bonds is 7. The van der Waals surface area contributed by atoms with E-state index in [1.165, 1.54) is 18.3 Å². The molecule has 24 heavy (non-hydrogen) atoms. The van der Waals surface area contributed by atoms with Crippen LogP contribution in [0.4, 0.5) is 0 Å². The van der Waals surface area contributed by atoms with Crippen LogP contribution in [0.15, 0.2) is 52.5 Å². The molecule has 7 heteroatoms. The molecule has 0 aliphatic heterocycles. The minimum atomic E-state index is -3.68. The molecule has 2 aromatic carbocycles. The highest BCUT2D eigenvalue weighted by Gasteiger charge is 2.11. The van der Waals surface area contributed by atoms with E-state index in [-0.39, 0.29) is 4.90 Å². The van der Waals surface area contributed by atoms with Gasteiger partial charge < -0.3 is 9.47 Å². The minimum absolute atomic E-state index is 0.162. The van der Waals surface area contributed by atoms with Crippen molar-refractivity contribution in [1.29, 1.82) is 0 Å². The van der Waals surface area contributed by atoms with Gasteiger partial charge >= 0.3 is 0 Å². The molecular weight excluding hydrogens is 328 g/mol. The summed E-state index contributed by atoms with van der Waals surface area (Å²) in [5.74, 6) is 1.18. The maximum Gasteiger partial charge on any atom is 0.276 e. The average molecular weight is 348 g/mol. The zero-order chi connectivity index (χ0) is 17.6. The summed E-state index contributed by atoms with van der Waals surface area (Å²) < 4.78 is 34.9. The fraction of sp³-hybridized carbons (Fsp3) is 0.235. The monoisotopic (exact) mass is 348 g/mol. The fourth-order valence-corrected chi connectivity index (χ4v) is 2.77. The van der Waals surface area contributed by atoms with E-state index in [0.29, 0.717) is 23.7 Å². The van der Waals surface area contributed by atoms with Crippen molar-refractivity contribution >= 4 is 16.2 Å². The number of methoxy groups -OCH3 is 1. The number of hydrogen-bond acceptors (Lipinski definition) is 5. The van der Waals surface area contributed by atoms with Crippen molar-refractivity contribution in [3.63, 3.8) is 0 Å². The molecule has 0 aromatic heterocycles. The molecule has 0 amide bonds. The Balaban J connectivity index is 2.13. The number of sulfonamides is 1. The molecule has 2 aromatic rings. The lowest BCUT2D eigenvalue weighted by Crippen LogP contribution is -2.18. The number of hydrazone groups is 1. The number of nitrogens with zero attached hydrogens (tertiary/aromatic N) is 1. The maximum absolute atomic E-state index is 12.1. The number of hydrogen-bond donors (Lipinski definition) is 1. The van der Waals surface area contributed by atoms with Gasteiger partial charge in [0.15, 0.2) is 11.5 Å². The molecule has 0 heterocycles.